The van der Waals surface area contributed by atoms with Gasteiger partial charge in [-0.25, -0.2) is 4.98 Å². The molecule has 0 radical (unpaired) electrons. The summed E-state index contributed by atoms with van der Waals surface area (Å²) in [6.45, 7) is 6.00. The average molecular weight is 498 g/mol. The van der Waals surface area contributed by atoms with Crippen LogP contribution in [0.3, 0.4) is 0 Å². The Morgan fingerprint density at radius 1 is 1.48 bits per heavy atom. The Kier molecular flexibility index (Phi) is 6.69. The molecule has 1 atom stereocenters. The first-order valence-corrected chi connectivity index (χ1v) is 9.50. The number of anilines is 1. The minimum Gasteiger partial charge on any atom is -0.352 e. The fourth-order valence-electron chi connectivity index (χ4n) is 3.11. The molecule has 0 aliphatic carbocycles. The Labute approximate surface area is 168 Å². The van der Waals surface area contributed by atoms with Gasteiger partial charge in [0.25, 0.3) is 0 Å². The van der Waals surface area contributed by atoms with Crippen LogP contribution in [0.15, 0.2) is 15.0 Å². The van der Waals surface area contributed by atoms with Crippen molar-refractivity contribution in [1.82, 2.24) is 14.9 Å². The maximum absolute atomic E-state index is 11.5. The average Bonchev–Trinajstić information content (AvgIpc) is 2.86. The van der Waals surface area contributed by atoms with Gasteiger partial charge in [-0.05, 0) is 71.2 Å². The number of fused-ring (bicyclic) bond motifs is 1. The summed E-state index contributed by atoms with van der Waals surface area (Å²) in [5.74, 6) is 0.682. The van der Waals surface area contributed by atoms with Crippen LogP contribution in [0, 0.1) is 10.1 Å². The summed E-state index contributed by atoms with van der Waals surface area (Å²) >= 11 is 6.71. The molecule has 1 aromatic heterocycles. The summed E-state index contributed by atoms with van der Waals surface area (Å²) in [7, 11) is 0. The van der Waals surface area contributed by atoms with Crippen molar-refractivity contribution in [2.75, 3.05) is 18.4 Å². The van der Waals surface area contributed by atoms with Crippen molar-refractivity contribution >= 4 is 66.9 Å². The van der Waals surface area contributed by atoms with E-state index in [2.05, 4.69) is 47.5 Å². The first-order chi connectivity index (χ1) is 11.4. The van der Waals surface area contributed by atoms with E-state index >= 15 is 0 Å². The third-order valence-corrected chi connectivity index (χ3v) is 6.14. The number of nitro groups is 1. The molecule has 7 nitrogen and oxygen atoms in total. The molecular weight excluding hydrogens is 477 g/mol. The van der Waals surface area contributed by atoms with Gasteiger partial charge >= 0.3 is 5.69 Å². The molecule has 25 heavy (non-hydrogen) atoms. The predicted molar refractivity (Wildman–Crippen MR) is 109 cm³/mol. The Morgan fingerprint density at radius 3 is 2.76 bits per heavy atom. The summed E-state index contributed by atoms with van der Waals surface area (Å²) in [4.78, 5) is 15.7. The zero-order valence-electron chi connectivity index (χ0n) is 13.9. The minimum absolute atomic E-state index is 0. The van der Waals surface area contributed by atoms with Crippen LogP contribution in [0.25, 0.3) is 11.0 Å². The summed E-state index contributed by atoms with van der Waals surface area (Å²) < 4.78 is 3.09. The van der Waals surface area contributed by atoms with E-state index in [4.69, 9.17) is 0 Å². The van der Waals surface area contributed by atoms with Gasteiger partial charge in [-0.15, -0.1) is 12.4 Å². The number of imidazole rings is 1. The Hall–Kier alpha value is -0.900. The normalized spacial score (nSPS) is 17.6. The van der Waals surface area contributed by atoms with Gasteiger partial charge in [-0.3, -0.25) is 10.1 Å². The van der Waals surface area contributed by atoms with Gasteiger partial charge in [0.05, 0.1) is 10.4 Å². The third-order valence-electron chi connectivity index (χ3n) is 4.18. The maximum Gasteiger partial charge on any atom is 0.312 e. The number of nitrogens with one attached hydrogen (secondary N) is 2. The number of aromatic nitrogens is 2. The van der Waals surface area contributed by atoms with Gasteiger partial charge in [-0.2, -0.15) is 0 Å². The van der Waals surface area contributed by atoms with Gasteiger partial charge in [0, 0.05) is 23.1 Å². The van der Waals surface area contributed by atoms with Crippen molar-refractivity contribution in [3.8, 4) is 0 Å². The Morgan fingerprint density at radius 2 is 2.20 bits per heavy atom. The van der Waals surface area contributed by atoms with Crippen molar-refractivity contribution < 1.29 is 4.92 Å². The van der Waals surface area contributed by atoms with E-state index in [0.717, 1.165) is 31.4 Å². The Balaban J connectivity index is 0.00000225. The predicted octanol–water partition coefficient (Wildman–Crippen LogP) is 4.64. The number of halogens is 3. The molecule has 0 spiro atoms. The number of nitro benzene ring substituents is 1. The molecule has 0 unspecified atom stereocenters. The van der Waals surface area contributed by atoms with Crippen molar-refractivity contribution in [2.45, 2.75) is 38.8 Å². The molecule has 1 aromatic carbocycles. The topological polar surface area (TPSA) is 85.0 Å². The van der Waals surface area contributed by atoms with Gasteiger partial charge in [0.15, 0.2) is 5.52 Å². The lowest BCUT2D eigenvalue weighted by atomic mass is 10.1. The number of hydrogen-bond donors (Lipinski definition) is 2. The highest BCUT2D eigenvalue weighted by Crippen LogP contribution is 2.40. The molecular formula is C15H20Br2ClN5O2. The summed E-state index contributed by atoms with van der Waals surface area (Å²) in [6, 6.07) is 2.28. The van der Waals surface area contributed by atoms with Crippen LogP contribution < -0.4 is 10.6 Å². The fourth-order valence-corrected chi connectivity index (χ4v) is 3.96. The molecule has 10 heteroatoms. The second kappa shape index (κ2) is 8.20. The van der Waals surface area contributed by atoms with Crippen molar-refractivity contribution in [3.05, 3.63) is 25.1 Å². The minimum atomic E-state index is -0.388. The van der Waals surface area contributed by atoms with Gasteiger partial charge in [0.1, 0.15) is 4.47 Å². The van der Waals surface area contributed by atoms with Crippen molar-refractivity contribution in [1.29, 1.82) is 0 Å². The zero-order valence-corrected chi connectivity index (χ0v) is 17.9. The first kappa shape index (κ1) is 20.4. The van der Waals surface area contributed by atoms with Crippen LogP contribution in [-0.2, 0) is 0 Å². The lowest BCUT2D eigenvalue weighted by Crippen LogP contribution is -2.39. The number of nitrogens with zero attached hydrogens (tertiary/aromatic N) is 3. The van der Waals surface area contributed by atoms with Crippen LogP contribution in [0.2, 0.25) is 0 Å². The summed E-state index contributed by atoms with van der Waals surface area (Å²) in [6.07, 6.45) is 2.17. The van der Waals surface area contributed by atoms with Gasteiger partial charge in [-0.1, -0.05) is 0 Å². The highest BCUT2D eigenvalue weighted by molar-refractivity contribution is 9.13. The smallest absolute Gasteiger partial charge is 0.312 e. The lowest BCUT2D eigenvalue weighted by molar-refractivity contribution is -0.384. The van der Waals surface area contributed by atoms with Gasteiger partial charge < -0.3 is 15.2 Å². The molecule has 0 saturated carbocycles. The van der Waals surface area contributed by atoms with E-state index in [1.807, 2.05) is 24.5 Å². The summed E-state index contributed by atoms with van der Waals surface area (Å²) in [5.41, 5.74) is 1.14. The lowest BCUT2D eigenvalue weighted by Gasteiger charge is -2.25. The first-order valence-electron chi connectivity index (χ1n) is 7.91. The second-order valence-corrected chi connectivity index (χ2v) is 7.88. The molecule has 2 aromatic rings. The van der Waals surface area contributed by atoms with E-state index in [1.54, 1.807) is 0 Å². The van der Waals surface area contributed by atoms with E-state index < -0.39 is 0 Å². The van der Waals surface area contributed by atoms with Crippen LogP contribution in [0.1, 0.15) is 32.7 Å². The molecule has 138 valence electrons. The maximum atomic E-state index is 11.5. The van der Waals surface area contributed by atoms with Crippen molar-refractivity contribution in [3.63, 3.8) is 0 Å². The molecule has 1 aliphatic heterocycles. The van der Waals surface area contributed by atoms with E-state index in [0.29, 0.717) is 20.4 Å². The largest absolute Gasteiger partial charge is 0.352 e. The highest BCUT2D eigenvalue weighted by atomic mass is 79.9. The zero-order chi connectivity index (χ0) is 17.4. The molecule has 0 amide bonds. The number of rotatable bonds is 4. The summed E-state index contributed by atoms with van der Waals surface area (Å²) in [5, 5.41) is 18.4. The monoisotopic (exact) mass is 495 g/mol. The van der Waals surface area contributed by atoms with Crippen LogP contribution in [-0.4, -0.2) is 33.6 Å². The van der Waals surface area contributed by atoms with E-state index in [1.165, 1.54) is 0 Å². The van der Waals surface area contributed by atoms with Crippen LogP contribution >= 0.6 is 44.3 Å². The molecule has 3 rings (SSSR count). The molecule has 1 aliphatic rings. The SMILES string of the molecule is CC(C)n1c(N[C@@H]2CCCNC2)nc2c([N+](=O)[O-])c(Br)c(Br)cc21.Cl. The molecule has 2 N–H and O–H groups in total. The number of hydrogen-bond acceptors (Lipinski definition) is 5. The standard InChI is InChI=1S/C15H19Br2N5O2.ClH/c1-8(2)21-11-6-10(16)12(17)14(22(23)24)13(11)20-15(21)19-9-4-3-5-18-7-9;/h6,8-9,18H,3-5,7H2,1-2H3,(H,19,20);1H/t9-;/m1./s1. The van der Waals surface area contributed by atoms with Gasteiger partial charge in [0.2, 0.25) is 5.95 Å². The number of benzene rings is 1. The second-order valence-electron chi connectivity index (χ2n) is 6.23. The highest BCUT2D eigenvalue weighted by Gasteiger charge is 2.27. The van der Waals surface area contributed by atoms with E-state index in [9.17, 15) is 10.1 Å². The molecule has 0 bridgehead atoms. The third kappa shape index (κ3) is 3.94. The molecule has 2 heterocycles. The quantitative estimate of drug-likeness (QED) is 0.475. The van der Waals surface area contributed by atoms with Crippen LogP contribution in [0.4, 0.5) is 11.6 Å². The van der Waals surface area contributed by atoms with E-state index in [-0.39, 0.29) is 35.1 Å². The van der Waals surface area contributed by atoms with Crippen molar-refractivity contribution in [2.24, 2.45) is 0 Å². The Bertz CT molecular complexity index is 790. The van der Waals surface area contributed by atoms with Crippen LogP contribution in [0.5, 0.6) is 0 Å². The molecule has 1 saturated heterocycles. The molecule has 1 fully saturated rings. The number of piperidine rings is 1. The fraction of sp³-hybridized carbons (Fsp3) is 0.533.